The van der Waals surface area contributed by atoms with Crippen molar-refractivity contribution in [1.82, 2.24) is 4.98 Å². The van der Waals surface area contributed by atoms with E-state index in [0.29, 0.717) is 24.5 Å². The molecule has 8 nitrogen and oxygen atoms in total. The number of aromatic carboxylic acids is 1. The molecule has 2 N–H and O–H groups in total. The van der Waals surface area contributed by atoms with Gasteiger partial charge in [0, 0.05) is 49.2 Å². The number of hydrogen-bond acceptors (Lipinski definition) is 9. The van der Waals surface area contributed by atoms with Gasteiger partial charge in [-0.15, -0.1) is 24.5 Å². The minimum atomic E-state index is -4.70. The number of anilines is 3. The smallest absolute Gasteiger partial charge is 0.495 e. The zero-order chi connectivity index (χ0) is 25.0. The van der Waals surface area contributed by atoms with E-state index in [0.717, 1.165) is 28.9 Å². The van der Waals surface area contributed by atoms with Crippen LogP contribution in [0, 0.1) is 0 Å². The third-order valence-electron chi connectivity index (χ3n) is 5.17. The SMILES string of the molecule is COc1cc(C(=O)O)ccc1NSc1csc(N2CCN(c3ccc(OC(F)(F)F)cc3)CC2)n1. The fourth-order valence-electron chi connectivity index (χ4n) is 3.47. The number of carbonyl (C=O) groups is 1. The lowest BCUT2D eigenvalue weighted by Crippen LogP contribution is -2.46. The van der Waals surface area contributed by atoms with Gasteiger partial charge in [-0.1, -0.05) is 0 Å². The molecule has 1 aliphatic heterocycles. The van der Waals surface area contributed by atoms with E-state index >= 15 is 0 Å². The average Bonchev–Trinajstić information content (AvgIpc) is 3.31. The van der Waals surface area contributed by atoms with Crippen LogP contribution in [-0.4, -0.2) is 55.7 Å². The molecule has 1 aromatic heterocycles. The number of hydrogen-bond donors (Lipinski definition) is 2. The first-order valence-corrected chi connectivity index (χ1v) is 12.1. The molecule has 2 heterocycles. The summed E-state index contributed by atoms with van der Waals surface area (Å²) in [5.41, 5.74) is 1.61. The second-order valence-electron chi connectivity index (χ2n) is 7.41. The molecule has 0 amide bonds. The van der Waals surface area contributed by atoms with Gasteiger partial charge in [-0.05, 0) is 42.5 Å². The summed E-state index contributed by atoms with van der Waals surface area (Å²) in [6.45, 7) is 2.84. The van der Waals surface area contributed by atoms with Crippen molar-refractivity contribution < 1.29 is 32.5 Å². The molecule has 0 unspecified atom stereocenters. The zero-order valence-corrected chi connectivity index (χ0v) is 20.0. The fourth-order valence-corrected chi connectivity index (χ4v) is 5.12. The van der Waals surface area contributed by atoms with Crippen LogP contribution >= 0.6 is 23.3 Å². The Kier molecular flexibility index (Phi) is 7.45. The predicted octanol–water partition coefficient (Wildman–Crippen LogP) is 5.19. The highest BCUT2D eigenvalue weighted by Crippen LogP contribution is 2.33. The monoisotopic (exact) mass is 526 g/mol. The van der Waals surface area contributed by atoms with Gasteiger partial charge in [0.05, 0.1) is 18.4 Å². The molecule has 186 valence electrons. The van der Waals surface area contributed by atoms with Crippen LogP contribution in [0.25, 0.3) is 0 Å². The highest BCUT2D eigenvalue weighted by Gasteiger charge is 2.31. The summed E-state index contributed by atoms with van der Waals surface area (Å²) in [5, 5.41) is 12.7. The van der Waals surface area contributed by atoms with Crippen LogP contribution in [0.3, 0.4) is 0 Å². The first kappa shape index (κ1) is 24.8. The van der Waals surface area contributed by atoms with E-state index in [9.17, 15) is 18.0 Å². The number of rotatable bonds is 8. The predicted molar refractivity (Wildman–Crippen MR) is 129 cm³/mol. The summed E-state index contributed by atoms with van der Waals surface area (Å²) in [6.07, 6.45) is -4.70. The summed E-state index contributed by atoms with van der Waals surface area (Å²) >= 11 is 2.81. The molecular weight excluding hydrogens is 505 g/mol. The third-order valence-corrected chi connectivity index (χ3v) is 6.96. The number of ether oxygens (including phenoxy) is 2. The van der Waals surface area contributed by atoms with E-state index in [4.69, 9.17) is 9.84 Å². The molecule has 4 rings (SSSR count). The Balaban J connectivity index is 1.31. The van der Waals surface area contributed by atoms with Crippen LogP contribution in [0.15, 0.2) is 52.9 Å². The van der Waals surface area contributed by atoms with E-state index in [1.165, 1.54) is 54.7 Å². The number of thiazole rings is 1. The van der Waals surface area contributed by atoms with Gasteiger partial charge in [0.15, 0.2) is 5.13 Å². The Morgan fingerprint density at radius 2 is 1.80 bits per heavy atom. The Labute approximate surface area is 207 Å². The van der Waals surface area contributed by atoms with E-state index < -0.39 is 12.3 Å². The molecule has 1 saturated heterocycles. The van der Waals surface area contributed by atoms with Crippen LogP contribution in [0.2, 0.25) is 0 Å². The molecule has 0 bridgehead atoms. The van der Waals surface area contributed by atoms with Gasteiger partial charge in [-0.2, -0.15) is 0 Å². The quantitative estimate of drug-likeness (QED) is 0.385. The van der Waals surface area contributed by atoms with E-state index in [1.54, 1.807) is 18.2 Å². The molecule has 0 aliphatic carbocycles. The van der Waals surface area contributed by atoms with Crippen LogP contribution in [0.5, 0.6) is 11.5 Å². The number of halogens is 3. The summed E-state index contributed by atoms with van der Waals surface area (Å²) in [6, 6.07) is 10.5. The van der Waals surface area contributed by atoms with Gasteiger partial charge < -0.3 is 29.1 Å². The number of nitrogens with zero attached hydrogens (tertiary/aromatic N) is 3. The maximum atomic E-state index is 12.3. The Morgan fingerprint density at radius 3 is 2.43 bits per heavy atom. The second-order valence-corrected chi connectivity index (χ2v) is 9.07. The number of aromatic nitrogens is 1. The highest BCUT2D eigenvalue weighted by molar-refractivity contribution is 8.00. The van der Waals surface area contributed by atoms with E-state index in [1.807, 2.05) is 5.38 Å². The Hall–Kier alpha value is -3.32. The largest absolute Gasteiger partial charge is 0.573 e. The number of alkyl halides is 3. The van der Waals surface area contributed by atoms with Gasteiger partial charge in [-0.3, -0.25) is 0 Å². The van der Waals surface area contributed by atoms with Crippen LogP contribution < -0.4 is 24.0 Å². The normalized spacial score (nSPS) is 14.1. The Bertz CT molecular complexity index is 1170. The molecule has 0 spiro atoms. The number of carboxylic acid groups (broad SMARTS) is 1. The Morgan fingerprint density at radius 1 is 1.11 bits per heavy atom. The van der Waals surface area contributed by atoms with Gasteiger partial charge >= 0.3 is 12.3 Å². The molecule has 2 aromatic carbocycles. The zero-order valence-electron chi connectivity index (χ0n) is 18.4. The summed E-state index contributed by atoms with van der Waals surface area (Å²) in [5.74, 6) is -0.849. The van der Waals surface area contributed by atoms with Crippen LogP contribution in [0.4, 0.5) is 29.7 Å². The number of methoxy groups -OCH3 is 1. The lowest BCUT2D eigenvalue weighted by Gasteiger charge is -2.36. The van der Waals surface area contributed by atoms with Crippen LogP contribution in [0.1, 0.15) is 10.4 Å². The molecule has 0 atom stereocenters. The van der Waals surface area contributed by atoms with Gasteiger partial charge in [0.25, 0.3) is 0 Å². The summed E-state index contributed by atoms with van der Waals surface area (Å²) in [7, 11) is 1.47. The minimum absolute atomic E-state index is 0.137. The maximum Gasteiger partial charge on any atom is 0.573 e. The second kappa shape index (κ2) is 10.5. The van der Waals surface area contributed by atoms with Crippen molar-refractivity contribution in [2.75, 3.05) is 47.8 Å². The van der Waals surface area contributed by atoms with Gasteiger partial charge in [0.1, 0.15) is 16.5 Å². The first-order valence-electron chi connectivity index (χ1n) is 10.4. The van der Waals surface area contributed by atoms with Crippen molar-refractivity contribution >= 4 is 45.8 Å². The summed E-state index contributed by atoms with van der Waals surface area (Å²) in [4.78, 5) is 20.1. The molecule has 1 fully saturated rings. The molecule has 3 aromatic rings. The molecular formula is C22H21F3N4O4S2. The topological polar surface area (TPSA) is 87.2 Å². The van der Waals surface area contributed by atoms with Crippen molar-refractivity contribution in [2.45, 2.75) is 11.4 Å². The molecule has 13 heteroatoms. The number of benzene rings is 2. The van der Waals surface area contributed by atoms with E-state index in [2.05, 4.69) is 24.2 Å². The van der Waals surface area contributed by atoms with Crippen molar-refractivity contribution in [3.63, 3.8) is 0 Å². The molecule has 1 aliphatic rings. The van der Waals surface area contributed by atoms with E-state index in [-0.39, 0.29) is 11.3 Å². The lowest BCUT2D eigenvalue weighted by atomic mass is 10.2. The van der Waals surface area contributed by atoms with Gasteiger partial charge in [0.2, 0.25) is 0 Å². The molecule has 0 saturated carbocycles. The van der Waals surface area contributed by atoms with Gasteiger partial charge in [-0.25, -0.2) is 9.78 Å². The molecule has 0 radical (unpaired) electrons. The average molecular weight is 527 g/mol. The fraction of sp³-hybridized carbons (Fsp3) is 0.273. The number of nitrogens with one attached hydrogen (secondary N) is 1. The summed E-state index contributed by atoms with van der Waals surface area (Å²) < 4.78 is 49.4. The first-order chi connectivity index (χ1) is 16.7. The molecule has 35 heavy (non-hydrogen) atoms. The van der Waals surface area contributed by atoms with Crippen molar-refractivity contribution in [1.29, 1.82) is 0 Å². The number of piperazine rings is 1. The standard InChI is InChI=1S/C22H21F3N4O4S2/c1-32-18-12-14(20(30)31)2-7-17(18)27-35-19-13-34-21(26-19)29-10-8-28(9-11-29)15-3-5-16(6-4-15)33-22(23,24)25/h2-7,12-13,27H,8-11H2,1H3,(H,30,31). The van der Waals surface area contributed by atoms with Crippen molar-refractivity contribution in [3.8, 4) is 11.5 Å². The number of carboxylic acids is 1. The van der Waals surface area contributed by atoms with Crippen molar-refractivity contribution in [2.24, 2.45) is 0 Å². The third kappa shape index (κ3) is 6.42. The van der Waals surface area contributed by atoms with Crippen molar-refractivity contribution in [3.05, 3.63) is 53.4 Å². The maximum absolute atomic E-state index is 12.3. The minimum Gasteiger partial charge on any atom is -0.495 e. The highest BCUT2D eigenvalue weighted by atomic mass is 32.2. The van der Waals surface area contributed by atoms with Crippen LogP contribution in [-0.2, 0) is 0 Å². The lowest BCUT2D eigenvalue weighted by molar-refractivity contribution is -0.274.